The Kier molecular flexibility index (Phi) is 7.80. The molecule has 1 aliphatic heterocycles. The molecule has 9 heteroatoms. The molecule has 2 aromatic carbocycles. The number of pyridine rings is 2. The Morgan fingerprint density at radius 3 is 2.49 bits per heavy atom. The van der Waals surface area contributed by atoms with Gasteiger partial charge in [0.1, 0.15) is 5.82 Å². The topological polar surface area (TPSA) is 101 Å². The van der Waals surface area contributed by atoms with E-state index in [1.54, 1.807) is 30.5 Å². The second-order valence-electron chi connectivity index (χ2n) is 10.5. The SMILES string of the molecule is CS(=O)(=O)c1ccc(Nc2cc(-c3ccc4nc5c(c(N6CC[C@H](N)C6)c4c3)CCCCC5)ccn2)cc1.Cl. The van der Waals surface area contributed by atoms with Crippen LogP contribution in [0.25, 0.3) is 22.0 Å². The molecule has 39 heavy (non-hydrogen) atoms. The van der Waals surface area contributed by atoms with E-state index in [2.05, 4.69) is 33.4 Å². The third-order valence-electron chi connectivity index (χ3n) is 7.67. The van der Waals surface area contributed by atoms with E-state index in [0.717, 1.165) is 54.7 Å². The van der Waals surface area contributed by atoms with Crippen molar-refractivity contribution >= 4 is 50.3 Å². The molecule has 4 aromatic rings. The maximum Gasteiger partial charge on any atom is 0.175 e. The fraction of sp³-hybridized carbons (Fsp3) is 0.333. The minimum Gasteiger partial charge on any atom is -0.369 e. The molecule has 3 heterocycles. The van der Waals surface area contributed by atoms with Gasteiger partial charge in [0.05, 0.1) is 16.1 Å². The van der Waals surface area contributed by atoms with Gasteiger partial charge in [-0.3, -0.25) is 4.98 Å². The van der Waals surface area contributed by atoms with E-state index in [-0.39, 0.29) is 18.4 Å². The molecule has 3 N–H and O–H groups in total. The van der Waals surface area contributed by atoms with Crippen LogP contribution in [0.5, 0.6) is 0 Å². The molecular formula is C30H34ClN5O2S. The standard InChI is InChI=1S/C30H33N5O2S.ClH/c1-38(36,37)24-10-8-23(9-11-24)33-29-18-21(13-15-32-29)20-7-12-28-26(17-20)30(35-16-14-22(31)19-35)25-5-3-2-4-6-27(25)34-28;/h7-13,15,17-18,22H,2-6,14,16,19,31H2,1H3,(H,32,33);1H/t22-;/m0./s1. The van der Waals surface area contributed by atoms with Crippen LogP contribution >= 0.6 is 12.4 Å². The molecule has 6 rings (SSSR count). The minimum atomic E-state index is -3.23. The minimum absolute atomic E-state index is 0. The molecule has 2 aromatic heterocycles. The number of hydrogen-bond acceptors (Lipinski definition) is 7. The van der Waals surface area contributed by atoms with Gasteiger partial charge >= 0.3 is 0 Å². The Morgan fingerprint density at radius 1 is 0.974 bits per heavy atom. The van der Waals surface area contributed by atoms with Crippen LogP contribution in [-0.4, -0.2) is 43.8 Å². The molecule has 2 aliphatic rings. The largest absolute Gasteiger partial charge is 0.369 e. The highest BCUT2D eigenvalue weighted by molar-refractivity contribution is 7.90. The molecule has 0 saturated carbocycles. The Hall–Kier alpha value is -3.20. The fourth-order valence-corrected chi connectivity index (χ4v) is 6.35. The number of nitrogens with one attached hydrogen (secondary N) is 1. The first-order chi connectivity index (χ1) is 18.3. The number of halogens is 1. The number of sulfone groups is 1. The summed E-state index contributed by atoms with van der Waals surface area (Å²) < 4.78 is 23.5. The first-order valence-corrected chi connectivity index (χ1v) is 15.2. The number of nitrogens with two attached hydrogens (primary N) is 1. The second kappa shape index (κ2) is 11.1. The molecule has 204 valence electrons. The molecule has 0 unspecified atom stereocenters. The van der Waals surface area contributed by atoms with Crippen molar-refractivity contribution in [3.05, 3.63) is 72.1 Å². The monoisotopic (exact) mass is 563 g/mol. The van der Waals surface area contributed by atoms with Crippen molar-refractivity contribution < 1.29 is 8.42 Å². The number of hydrogen-bond donors (Lipinski definition) is 2. The molecule has 1 saturated heterocycles. The number of nitrogens with zero attached hydrogens (tertiary/aromatic N) is 3. The van der Waals surface area contributed by atoms with Gasteiger partial charge in [0.15, 0.2) is 9.84 Å². The van der Waals surface area contributed by atoms with Gasteiger partial charge in [-0.1, -0.05) is 12.5 Å². The lowest BCUT2D eigenvalue weighted by Gasteiger charge is -2.25. The summed E-state index contributed by atoms with van der Waals surface area (Å²) in [4.78, 5) is 12.4. The molecule has 0 spiro atoms. The van der Waals surface area contributed by atoms with Gasteiger partial charge in [0.2, 0.25) is 0 Å². The maximum absolute atomic E-state index is 11.8. The Balaban J connectivity index is 0.00000308. The van der Waals surface area contributed by atoms with Gasteiger partial charge in [-0.25, -0.2) is 13.4 Å². The molecule has 7 nitrogen and oxygen atoms in total. The van der Waals surface area contributed by atoms with Crippen LogP contribution in [0.3, 0.4) is 0 Å². The summed E-state index contributed by atoms with van der Waals surface area (Å²) in [6.07, 6.45) is 9.80. The number of anilines is 3. The summed E-state index contributed by atoms with van der Waals surface area (Å²) in [6, 6.07) is 17.5. The van der Waals surface area contributed by atoms with E-state index < -0.39 is 9.84 Å². The highest BCUT2D eigenvalue weighted by atomic mass is 35.5. The molecular weight excluding hydrogens is 530 g/mol. The second-order valence-corrected chi connectivity index (χ2v) is 12.5. The number of aryl methyl sites for hydroxylation is 1. The highest BCUT2D eigenvalue weighted by Gasteiger charge is 2.26. The van der Waals surface area contributed by atoms with E-state index in [4.69, 9.17) is 10.7 Å². The summed E-state index contributed by atoms with van der Waals surface area (Å²) in [5, 5.41) is 4.49. The lowest BCUT2D eigenvalue weighted by molar-refractivity contribution is 0.602. The quantitative estimate of drug-likeness (QED) is 0.302. The van der Waals surface area contributed by atoms with Gasteiger partial charge in [0, 0.05) is 48.4 Å². The van der Waals surface area contributed by atoms with Crippen LogP contribution in [0.1, 0.15) is 36.9 Å². The van der Waals surface area contributed by atoms with Gasteiger partial charge in [-0.15, -0.1) is 12.4 Å². The van der Waals surface area contributed by atoms with Crippen LogP contribution < -0.4 is 16.0 Å². The van der Waals surface area contributed by atoms with E-state index in [9.17, 15) is 8.42 Å². The Labute approximate surface area is 236 Å². The molecule has 1 atom stereocenters. The molecule has 0 amide bonds. The van der Waals surface area contributed by atoms with Crippen molar-refractivity contribution in [1.29, 1.82) is 0 Å². The van der Waals surface area contributed by atoms with Crippen LogP contribution in [-0.2, 0) is 22.7 Å². The molecule has 0 bridgehead atoms. The highest BCUT2D eigenvalue weighted by Crippen LogP contribution is 2.39. The summed E-state index contributed by atoms with van der Waals surface area (Å²) >= 11 is 0. The lowest BCUT2D eigenvalue weighted by Crippen LogP contribution is -2.27. The van der Waals surface area contributed by atoms with Crippen molar-refractivity contribution in [1.82, 2.24) is 9.97 Å². The molecule has 1 aliphatic carbocycles. The van der Waals surface area contributed by atoms with Gasteiger partial charge in [0.25, 0.3) is 0 Å². The fourth-order valence-electron chi connectivity index (χ4n) is 5.72. The van der Waals surface area contributed by atoms with Crippen LogP contribution in [0.4, 0.5) is 17.2 Å². The van der Waals surface area contributed by atoms with Crippen LogP contribution in [0, 0.1) is 0 Å². The van der Waals surface area contributed by atoms with E-state index >= 15 is 0 Å². The van der Waals surface area contributed by atoms with Crippen molar-refractivity contribution in [2.45, 2.75) is 49.5 Å². The van der Waals surface area contributed by atoms with Gasteiger partial charge in [-0.05, 0) is 97.3 Å². The third-order valence-corrected chi connectivity index (χ3v) is 8.80. The Bertz CT molecular complexity index is 1610. The Morgan fingerprint density at radius 2 is 1.74 bits per heavy atom. The lowest BCUT2D eigenvalue weighted by atomic mass is 9.97. The summed E-state index contributed by atoms with van der Waals surface area (Å²) in [5.41, 5.74) is 14.3. The predicted octanol–water partition coefficient (Wildman–Crippen LogP) is 5.67. The van der Waals surface area contributed by atoms with Gasteiger partial charge < -0.3 is 16.0 Å². The summed E-state index contributed by atoms with van der Waals surface area (Å²) in [5.74, 6) is 0.695. The smallest absolute Gasteiger partial charge is 0.175 e. The number of rotatable bonds is 5. The maximum atomic E-state index is 11.8. The van der Waals surface area contributed by atoms with Crippen LogP contribution in [0.2, 0.25) is 0 Å². The average Bonchev–Trinajstić information content (AvgIpc) is 3.19. The molecule has 1 fully saturated rings. The van der Waals surface area contributed by atoms with Crippen molar-refractivity contribution in [2.75, 3.05) is 29.6 Å². The van der Waals surface area contributed by atoms with Crippen molar-refractivity contribution in [2.24, 2.45) is 5.73 Å². The zero-order valence-corrected chi connectivity index (χ0v) is 23.7. The third kappa shape index (κ3) is 5.73. The van der Waals surface area contributed by atoms with E-state index in [1.165, 1.54) is 47.8 Å². The van der Waals surface area contributed by atoms with Crippen LogP contribution in [0.15, 0.2) is 65.7 Å². The van der Waals surface area contributed by atoms with Crippen molar-refractivity contribution in [3.8, 4) is 11.1 Å². The van der Waals surface area contributed by atoms with E-state index in [1.807, 2.05) is 12.1 Å². The van der Waals surface area contributed by atoms with E-state index in [0.29, 0.717) is 10.7 Å². The predicted molar refractivity (Wildman–Crippen MR) is 161 cm³/mol. The summed E-state index contributed by atoms with van der Waals surface area (Å²) in [6.45, 7) is 1.87. The summed E-state index contributed by atoms with van der Waals surface area (Å²) in [7, 11) is -3.23. The normalized spacial score (nSPS) is 17.4. The first kappa shape index (κ1) is 27.4. The zero-order chi connectivity index (χ0) is 26.3. The zero-order valence-electron chi connectivity index (χ0n) is 22.1. The first-order valence-electron chi connectivity index (χ1n) is 13.3. The average molecular weight is 564 g/mol. The number of aromatic nitrogens is 2. The number of fused-ring (bicyclic) bond motifs is 2. The van der Waals surface area contributed by atoms with Gasteiger partial charge in [-0.2, -0.15) is 0 Å². The molecule has 0 radical (unpaired) electrons. The number of benzene rings is 2. The van der Waals surface area contributed by atoms with Crippen molar-refractivity contribution in [3.63, 3.8) is 0 Å².